The summed E-state index contributed by atoms with van der Waals surface area (Å²) in [5, 5.41) is 21.5. The smallest absolute Gasteiger partial charge is 0.337 e. The number of ether oxygens (including phenoxy) is 1. The number of nitrogens with zero attached hydrogens (tertiary/aromatic N) is 1. The minimum absolute atomic E-state index is 0.0974. The number of esters is 1. The Bertz CT molecular complexity index is 622. The molecule has 7 nitrogen and oxygen atoms in total. The average molecular weight is 320 g/mol. The van der Waals surface area contributed by atoms with Gasteiger partial charge in [0, 0.05) is 12.2 Å². The molecule has 0 saturated heterocycles. The summed E-state index contributed by atoms with van der Waals surface area (Å²) in [7, 11) is 1.25. The van der Waals surface area contributed by atoms with Crippen LogP contribution < -0.4 is 5.32 Å². The number of aliphatic hydroxyl groups excluding tert-OH is 2. The van der Waals surface area contributed by atoms with Crippen molar-refractivity contribution in [2.45, 2.75) is 13.0 Å². The Balaban J connectivity index is 2.25. The van der Waals surface area contributed by atoms with Gasteiger partial charge in [0.1, 0.15) is 5.70 Å². The molecule has 124 valence electrons. The summed E-state index contributed by atoms with van der Waals surface area (Å²) in [6, 6.07) is 6.89. The molecule has 3 N–H and O–H groups in total. The maximum absolute atomic E-state index is 12.4. The maximum atomic E-state index is 12.4. The summed E-state index contributed by atoms with van der Waals surface area (Å²) < 4.78 is 4.72. The number of hydrogen-bond donors (Lipinski definition) is 3. The molecular weight excluding hydrogens is 300 g/mol. The van der Waals surface area contributed by atoms with E-state index in [1.165, 1.54) is 12.0 Å². The molecule has 1 aromatic carbocycles. The first-order valence-electron chi connectivity index (χ1n) is 7.24. The molecule has 0 spiro atoms. The van der Waals surface area contributed by atoms with Crippen LogP contribution in [0.5, 0.6) is 0 Å². The molecule has 0 saturated carbocycles. The first-order chi connectivity index (χ1) is 11.0. The number of anilines is 1. The van der Waals surface area contributed by atoms with Gasteiger partial charge < -0.3 is 25.2 Å². The monoisotopic (exact) mass is 320 g/mol. The van der Waals surface area contributed by atoms with Crippen LogP contribution in [-0.2, 0) is 14.3 Å². The predicted octanol–water partition coefficient (Wildman–Crippen LogP) is 0.413. The number of aliphatic hydroxyl groups is 2. The predicted molar refractivity (Wildman–Crippen MR) is 83.4 cm³/mol. The van der Waals surface area contributed by atoms with E-state index in [4.69, 9.17) is 9.84 Å². The van der Waals surface area contributed by atoms with E-state index >= 15 is 0 Å². The van der Waals surface area contributed by atoms with Gasteiger partial charge in [-0.05, 0) is 24.6 Å². The molecule has 1 aromatic rings. The summed E-state index contributed by atoms with van der Waals surface area (Å²) >= 11 is 0. The highest BCUT2D eigenvalue weighted by molar-refractivity contribution is 6.08. The second-order valence-electron chi connectivity index (χ2n) is 5.22. The van der Waals surface area contributed by atoms with Gasteiger partial charge in [-0.3, -0.25) is 4.79 Å². The normalized spacial score (nSPS) is 15.8. The van der Waals surface area contributed by atoms with E-state index in [9.17, 15) is 14.7 Å². The number of hydrogen-bond acceptors (Lipinski definition) is 6. The van der Waals surface area contributed by atoms with Gasteiger partial charge in [-0.25, -0.2) is 4.79 Å². The number of carbonyl (C=O) groups excluding carboxylic acids is 2. The van der Waals surface area contributed by atoms with Crippen LogP contribution in [0.4, 0.5) is 5.69 Å². The zero-order chi connectivity index (χ0) is 17.0. The molecule has 1 aliphatic rings. The second-order valence-corrected chi connectivity index (χ2v) is 5.22. The Morgan fingerprint density at radius 3 is 2.57 bits per heavy atom. The molecule has 2 rings (SSSR count). The molecule has 1 aliphatic heterocycles. The number of β-amino-alcohol motifs (C(OH)–C–C–N with tert-alkyl or cyclic N) is 1. The highest BCUT2D eigenvalue weighted by Gasteiger charge is 2.34. The zero-order valence-corrected chi connectivity index (χ0v) is 13.1. The fourth-order valence-corrected chi connectivity index (χ4v) is 2.34. The molecule has 0 bridgehead atoms. The average Bonchev–Trinajstić information content (AvgIpc) is 2.84. The molecule has 0 radical (unpaired) electrons. The van der Waals surface area contributed by atoms with Crippen molar-refractivity contribution in [2.75, 3.05) is 32.1 Å². The lowest BCUT2D eigenvalue weighted by Gasteiger charge is -2.15. The van der Waals surface area contributed by atoms with Crippen molar-refractivity contribution < 1.29 is 24.5 Å². The lowest BCUT2D eigenvalue weighted by atomic mass is 10.1. The SMILES string of the molecule is COC(=O)C1=C(Nc2ccc(C(C)O)cc2)C(=O)N(CCO)C1. The second kappa shape index (κ2) is 7.26. The highest BCUT2D eigenvalue weighted by atomic mass is 16.5. The third-order valence-corrected chi connectivity index (χ3v) is 3.62. The van der Waals surface area contributed by atoms with Crippen LogP contribution in [0.3, 0.4) is 0 Å². The molecule has 7 heteroatoms. The van der Waals surface area contributed by atoms with E-state index in [0.717, 1.165) is 5.56 Å². The van der Waals surface area contributed by atoms with E-state index in [2.05, 4.69) is 5.32 Å². The molecule has 1 amide bonds. The van der Waals surface area contributed by atoms with Gasteiger partial charge in [0.05, 0.1) is 31.9 Å². The quantitative estimate of drug-likeness (QED) is 0.657. The first kappa shape index (κ1) is 17.0. The van der Waals surface area contributed by atoms with Crippen LogP contribution in [0, 0.1) is 0 Å². The first-order valence-corrected chi connectivity index (χ1v) is 7.24. The number of nitrogens with one attached hydrogen (secondary N) is 1. The highest BCUT2D eigenvalue weighted by Crippen LogP contribution is 2.23. The van der Waals surface area contributed by atoms with Crippen LogP contribution in [-0.4, -0.2) is 53.8 Å². The number of benzene rings is 1. The summed E-state index contributed by atoms with van der Waals surface area (Å²) in [6.07, 6.45) is -0.581. The molecule has 1 atom stereocenters. The molecular formula is C16H20N2O5. The Hall–Kier alpha value is -2.38. The van der Waals surface area contributed by atoms with Gasteiger partial charge >= 0.3 is 5.97 Å². The number of rotatable bonds is 6. The Kier molecular flexibility index (Phi) is 5.36. The van der Waals surface area contributed by atoms with Gasteiger partial charge in [-0.15, -0.1) is 0 Å². The van der Waals surface area contributed by atoms with Crippen LogP contribution >= 0.6 is 0 Å². The molecule has 1 heterocycles. The van der Waals surface area contributed by atoms with Gasteiger partial charge in [-0.2, -0.15) is 0 Å². The molecule has 0 fully saturated rings. The third-order valence-electron chi connectivity index (χ3n) is 3.62. The summed E-state index contributed by atoms with van der Waals surface area (Å²) in [5.74, 6) is -0.944. The van der Waals surface area contributed by atoms with Crippen molar-refractivity contribution in [3.63, 3.8) is 0 Å². The van der Waals surface area contributed by atoms with Crippen molar-refractivity contribution in [1.82, 2.24) is 4.90 Å². The van der Waals surface area contributed by atoms with Crippen LogP contribution in [0.1, 0.15) is 18.6 Å². The largest absolute Gasteiger partial charge is 0.466 e. The Labute approximate surface area is 134 Å². The van der Waals surface area contributed by atoms with Gasteiger partial charge in [0.15, 0.2) is 0 Å². The van der Waals surface area contributed by atoms with E-state index in [1.54, 1.807) is 31.2 Å². The third kappa shape index (κ3) is 3.69. The molecule has 1 unspecified atom stereocenters. The summed E-state index contributed by atoms with van der Waals surface area (Å²) in [6.45, 7) is 1.72. The Morgan fingerprint density at radius 2 is 2.04 bits per heavy atom. The van der Waals surface area contributed by atoms with Gasteiger partial charge in [0.25, 0.3) is 5.91 Å². The van der Waals surface area contributed by atoms with Crippen molar-refractivity contribution in [3.8, 4) is 0 Å². The topological polar surface area (TPSA) is 99.1 Å². The fraction of sp³-hybridized carbons (Fsp3) is 0.375. The lowest BCUT2D eigenvalue weighted by molar-refractivity contribution is -0.136. The Morgan fingerprint density at radius 1 is 1.39 bits per heavy atom. The van der Waals surface area contributed by atoms with Crippen LogP contribution in [0.2, 0.25) is 0 Å². The summed E-state index contributed by atoms with van der Waals surface area (Å²) in [5.41, 5.74) is 1.74. The molecule has 23 heavy (non-hydrogen) atoms. The summed E-state index contributed by atoms with van der Waals surface area (Å²) in [4.78, 5) is 25.6. The van der Waals surface area contributed by atoms with Crippen molar-refractivity contribution in [1.29, 1.82) is 0 Å². The van der Waals surface area contributed by atoms with E-state index in [-0.39, 0.29) is 36.9 Å². The zero-order valence-electron chi connectivity index (χ0n) is 13.1. The molecule has 0 aliphatic carbocycles. The van der Waals surface area contributed by atoms with Gasteiger partial charge in [-0.1, -0.05) is 12.1 Å². The minimum atomic E-state index is -0.582. The van der Waals surface area contributed by atoms with E-state index in [0.29, 0.717) is 5.69 Å². The number of amides is 1. The maximum Gasteiger partial charge on any atom is 0.337 e. The standard InChI is InChI=1S/C16H20N2O5/c1-10(20)11-3-5-12(6-4-11)17-14-13(16(22)23-2)9-18(7-8-19)15(14)21/h3-6,10,17,19-20H,7-9H2,1-2H3. The molecule has 0 aromatic heterocycles. The van der Waals surface area contributed by atoms with E-state index in [1.807, 2.05) is 0 Å². The van der Waals surface area contributed by atoms with Crippen molar-refractivity contribution in [3.05, 3.63) is 41.1 Å². The lowest BCUT2D eigenvalue weighted by Crippen LogP contribution is -2.31. The fourth-order valence-electron chi connectivity index (χ4n) is 2.34. The number of methoxy groups -OCH3 is 1. The van der Waals surface area contributed by atoms with Crippen LogP contribution in [0.25, 0.3) is 0 Å². The minimum Gasteiger partial charge on any atom is -0.466 e. The van der Waals surface area contributed by atoms with Crippen LogP contribution in [0.15, 0.2) is 35.5 Å². The number of carbonyl (C=O) groups is 2. The van der Waals surface area contributed by atoms with Crippen molar-refractivity contribution in [2.24, 2.45) is 0 Å². The van der Waals surface area contributed by atoms with Crippen molar-refractivity contribution >= 4 is 17.6 Å². The van der Waals surface area contributed by atoms with E-state index < -0.39 is 12.1 Å². The van der Waals surface area contributed by atoms with Gasteiger partial charge in [0.2, 0.25) is 0 Å².